The molecule has 0 aliphatic carbocycles. The summed E-state index contributed by atoms with van der Waals surface area (Å²) >= 11 is 0. The molecule has 2 atom stereocenters. The van der Waals surface area contributed by atoms with Crippen LogP contribution in [0.5, 0.6) is 0 Å². The molecule has 0 bridgehead atoms. The third kappa shape index (κ3) is 2.79. The van der Waals surface area contributed by atoms with Crippen molar-refractivity contribution in [2.75, 3.05) is 13.2 Å². The Balaban J connectivity index is 1.91. The zero-order valence-electron chi connectivity index (χ0n) is 9.22. The topological polar surface area (TPSA) is 53.1 Å². The third-order valence-corrected chi connectivity index (χ3v) is 2.88. The molecule has 1 fully saturated rings. The largest absolute Gasteiger partial charge is 0.381 e. The average Bonchev–Trinajstić information content (AvgIpc) is 2.68. The van der Waals surface area contributed by atoms with E-state index in [1.807, 2.05) is 24.0 Å². The number of rotatable bonds is 3. The normalized spacial score (nSPS) is 24.0. The summed E-state index contributed by atoms with van der Waals surface area (Å²) in [5.41, 5.74) is 6.89. The second-order valence-corrected chi connectivity index (χ2v) is 4.37. The zero-order chi connectivity index (χ0) is 10.7. The maximum absolute atomic E-state index is 5.78. The van der Waals surface area contributed by atoms with Crippen molar-refractivity contribution in [3.63, 3.8) is 0 Å². The standard InChI is InChI=1S/C11H19N3O/c1-9(12)11-5-13-14(7-11)6-10-3-2-4-15-8-10/h5,7,9-10H,2-4,6,8,12H2,1H3/t9-,10+/m0/s1. The van der Waals surface area contributed by atoms with Gasteiger partial charge in [0.1, 0.15) is 0 Å². The lowest BCUT2D eigenvalue weighted by molar-refractivity contribution is 0.0470. The van der Waals surface area contributed by atoms with Crippen LogP contribution in [0.1, 0.15) is 31.4 Å². The Bertz CT molecular complexity index is 303. The van der Waals surface area contributed by atoms with Crippen molar-refractivity contribution in [1.29, 1.82) is 0 Å². The van der Waals surface area contributed by atoms with Gasteiger partial charge in [0.2, 0.25) is 0 Å². The smallest absolute Gasteiger partial charge is 0.0537 e. The molecule has 0 aromatic carbocycles. The van der Waals surface area contributed by atoms with Crippen molar-refractivity contribution < 1.29 is 4.74 Å². The number of aromatic nitrogens is 2. The van der Waals surface area contributed by atoms with Gasteiger partial charge in [-0.25, -0.2) is 0 Å². The fraction of sp³-hybridized carbons (Fsp3) is 0.727. The lowest BCUT2D eigenvalue weighted by Crippen LogP contribution is -2.22. The van der Waals surface area contributed by atoms with Gasteiger partial charge in [-0.05, 0) is 19.8 Å². The molecule has 2 heterocycles. The predicted molar refractivity (Wildman–Crippen MR) is 58.4 cm³/mol. The Morgan fingerprint density at radius 2 is 2.60 bits per heavy atom. The molecule has 4 nitrogen and oxygen atoms in total. The average molecular weight is 209 g/mol. The van der Waals surface area contributed by atoms with E-state index in [-0.39, 0.29) is 6.04 Å². The molecule has 1 aliphatic heterocycles. The molecule has 4 heteroatoms. The highest BCUT2D eigenvalue weighted by molar-refractivity contribution is 5.08. The predicted octanol–water partition coefficient (Wildman–Crippen LogP) is 1.33. The molecular formula is C11H19N3O. The Hall–Kier alpha value is -0.870. The van der Waals surface area contributed by atoms with E-state index >= 15 is 0 Å². The molecule has 15 heavy (non-hydrogen) atoms. The summed E-state index contributed by atoms with van der Waals surface area (Å²) in [5.74, 6) is 0.611. The summed E-state index contributed by atoms with van der Waals surface area (Å²) in [6.45, 7) is 4.71. The van der Waals surface area contributed by atoms with Gasteiger partial charge in [0.05, 0.1) is 12.8 Å². The first kappa shape index (κ1) is 10.6. The minimum atomic E-state index is 0.0707. The van der Waals surface area contributed by atoms with E-state index < -0.39 is 0 Å². The summed E-state index contributed by atoms with van der Waals surface area (Å²) in [4.78, 5) is 0. The molecule has 1 saturated heterocycles. The van der Waals surface area contributed by atoms with Gasteiger partial charge in [0, 0.05) is 36.9 Å². The molecule has 1 aliphatic rings. The van der Waals surface area contributed by atoms with Gasteiger partial charge in [-0.1, -0.05) is 0 Å². The minimum Gasteiger partial charge on any atom is -0.381 e. The van der Waals surface area contributed by atoms with Crippen LogP contribution in [0, 0.1) is 5.92 Å². The van der Waals surface area contributed by atoms with Crippen molar-refractivity contribution in [3.05, 3.63) is 18.0 Å². The second kappa shape index (κ2) is 4.77. The van der Waals surface area contributed by atoms with Crippen molar-refractivity contribution >= 4 is 0 Å². The maximum Gasteiger partial charge on any atom is 0.0537 e. The van der Waals surface area contributed by atoms with Crippen molar-refractivity contribution in [2.24, 2.45) is 11.7 Å². The fourth-order valence-corrected chi connectivity index (χ4v) is 1.93. The summed E-state index contributed by atoms with van der Waals surface area (Å²) in [5, 5.41) is 4.31. The maximum atomic E-state index is 5.78. The van der Waals surface area contributed by atoms with Crippen LogP contribution < -0.4 is 5.73 Å². The van der Waals surface area contributed by atoms with Crippen LogP contribution in [0.3, 0.4) is 0 Å². The zero-order valence-corrected chi connectivity index (χ0v) is 9.22. The van der Waals surface area contributed by atoms with E-state index in [0.29, 0.717) is 5.92 Å². The molecule has 1 aromatic heterocycles. The van der Waals surface area contributed by atoms with Crippen molar-refractivity contribution in [1.82, 2.24) is 9.78 Å². The van der Waals surface area contributed by atoms with Crippen LogP contribution in [-0.4, -0.2) is 23.0 Å². The molecule has 0 radical (unpaired) electrons. The number of hydrogen-bond acceptors (Lipinski definition) is 3. The number of ether oxygens (including phenoxy) is 1. The van der Waals surface area contributed by atoms with Gasteiger partial charge in [-0.2, -0.15) is 5.10 Å². The first-order valence-corrected chi connectivity index (χ1v) is 5.61. The van der Waals surface area contributed by atoms with Gasteiger partial charge in [-0.3, -0.25) is 4.68 Å². The van der Waals surface area contributed by atoms with Crippen molar-refractivity contribution in [3.8, 4) is 0 Å². The summed E-state index contributed by atoms with van der Waals surface area (Å²) < 4.78 is 7.43. The number of nitrogens with zero attached hydrogens (tertiary/aromatic N) is 2. The summed E-state index contributed by atoms with van der Waals surface area (Å²) in [6.07, 6.45) is 6.31. The van der Waals surface area contributed by atoms with Crippen LogP contribution >= 0.6 is 0 Å². The van der Waals surface area contributed by atoms with Gasteiger partial charge < -0.3 is 10.5 Å². The summed E-state index contributed by atoms with van der Waals surface area (Å²) in [7, 11) is 0. The lowest BCUT2D eigenvalue weighted by Gasteiger charge is -2.21. The van der Waals surface area contributed by atoms with E-state index in [4.69, 9.17) is 10.5 Å². The highest BCUT2D eigenvalue weighted by atomic mass is 16.5. The van der Waals surface area contributed by atoms with Gasteiger partial charge in [0.25, 0.3) is 0 Å². The fourth-order valence-electron chi connectivity index (χ4n) is 1.93. The highest BCUT2D eigenvalue weighted by Crippen LogP contribution is 2.16. The monoisotopic (exact) mass is 209 g/mol. The Morgan fingerprint density at radius 1 is 1.73 bits per heavy atom. The van der Waals surface area contributed by atoms with Crippen LogP contribution in [0.25, 0.3) is 0 Å². The molecule has 0 spiro atoms. The summed E-state index contributed by atoms with van der Waals surface area (Å²) in [6, 6.07) is 0.0707. The van der Waals surface area contributed by atoms with E-state index in [9.17, 15) is 0 Å². The number of hydrogen-bond donors (Lipinski definition) is 1. The third-order valence-electron chi connectivity index (χ3n) is 2.88. The SMILES string of the molecule is C[C@H](N)c1cnn(C[C@H]2CCCOC2)c1. The first-order valence-electron chi connectivity index (χ1n) is 5.61. The highest BCUT2D eigenvalue weighted by Gasteiger charge is 2.15. The molecule has 0 saturated carbocycles. The molecule has 2 N–H and O–H groups in total. The quantitative estimate of drug-likeness (QED) is 0.817. The van der Waals surface area contributed by atoms with E-state index in [2.05, 4.69) is 5.10 Å². The van der Waals surface area contributed by atoms with E-state index in [1.54, 1.807) is 0 Å². The lowest BCUT2D eigenvalue weighted by atomic mass is 10.0. The Morgan fingerprint density at radius 3 is 3.20 bits per heavy atom. The first-order chi connectivity index (χ1) is 7.25. The molecule has 0 amide bonds. The molecular weight excluding hydrogens is 190 g/mol. The molecule has 0 unspecified atom stereocenters. The molecule has 2 rings (SSSR count). The van der Waals surface area contributed by atoms with E-state index in [0.717, 1.165) is 25.3 Å². The van der Waals surface area contributed by atoms with E-state index in [1.165, 1.54) is 12.8 Å². The Kier molecular flexibility index (Phi) is 3.38. The van der Waals surface area contributed by atoms with Crippen LogP contribution in [0.15, 0.2) is 12.4 Å². The van der Waals surface area contributed by atoms with Crippen LogP contribution in [-0.2, 0) is 11.3 Å². The van der Waals surface area contributed by atoms with Crippen LogP contribution in [0.2, 0.25) is 0 Å². The Labute approximate surface area is 90.4 Å². The van der Waals surface area contributed by atoms with Crippen molar-refractivity contribution in [2.45, 2.75) is 32.4 Å². The minimum absolute atomic E-state index is 0.0707. The van der Waals surface area contributed by atoms with Crippen LogP contribution in [0.4, 0.5) is 0 Å². The molecule has 84 valence electrons. The second-order valence-electron chi connectivity index (χ2n) is 4.37. The number of nitrogens with two attached hydrogens (primary N) is 1. The molecule has 1 aromatic rings. The van der Waals surface area contributed by atoms with Gasteiger partial charge in [0.15, 0.2) is 0 Å². The van der Waals surface area contributed by atoms with Gasteiger partial charge in [-0.15, -0.1) is 0 Å². The van der Waals surface area contributed by atoms with Gasteiger partial charge >= 0.3 is 0 Å².